The van der Waals surface area contributed by atoms with E-state index in [1.165, 1.54) is 12.5 Å². The molecular formula is C42H68O13. The van der Waals surface area contributed by atoms with Gasteiger partial charge in [0.1, 0.15) is 42.7 Å². The van der Waals surface area contributed by atoms with Crippen molar-refractivity contribution in [3.05, 3.63) is 11.6 Å². The second-order valence-corrected chi connectivity index (χ2v) is 20.1. The van der Waals surface area contributed by atoms with Crippen LogP contribution in [-0.2, 0) is 28.4 Å². The minimum Gasteiger partial charge on any atom is -0.394 e. The second kappa shape index (κ2) is 14.4. The van der Waals surface area contributed by atoms with Crippen LogP contribution in [0.15, 0.2) is 11.6 Å². The number of aliphatic hydroxyl groups is 7. The lowest BCUT2D eigenvalue weighted by Crippen LogP contribution is -2.64. The van der Waals surface area contributed by atoms with Crippen molar-refractivity contribution in [3.63, 3.8) is 0 Å². The van der Waals surface area contributed by atoms with Crippen LogP contribution >= 0.6 is 0 Å². The maximum absolute atomic E-state index is 11.2. The Morgan fingerprint density at radius 3 is 2.22 bits per heavy atom. The van der Waals surface area contributed by atoms with E-state index in [0.29, 0.717) is 55.0 Å². The minimum atomic E-state index is -1.62. The molecule has 7 fully saturated rings. The van der Waals surface area contributed by atoms with E-state index in [4.69, 9.17) is 28.4 Å². The van der Waals surface area contributed by atoms with Crippen molar-refractivity contribution in [1.82, 2.24) is 0 Å². The number of aliphatic hydroxyl groups excluding tert-OH is 6. The van der Waals surface area contributed by atoms with Crippen LogP contribution < -0.4 is 0 Å². The van der Waals surface area contributed by atoms with Gasteiger partial charge in [-0.1, -0.05) is 46.3 Å². The van der Waals surface area contributed by atoms with Crippen molar-refractivity contribution in [2.45, 2.75) is 185 Å². The van der Waals surface area contributed by atoms with E-state index in [-0.39, 0.29) is 29.0 Å². The maximum Gasteiger partial charge on any atom is 0.187 e. The molecule has 0 aromatic heterocycles. The van der Waals surface area contributed by atoms with E-state index in [1.807, 2.05) is 6.92 Å². The molecule has 1 spiro atoms. The Hall–Kier alpha value is -0.780. The monoisotopic (exact) mass is 780 g/mol. The van der Waals surface area contributed by atoms with Crippen molar-refractivity contribution in [1.29, 1.82) is 0 Å². The lowest BCUT2D eigenvalue weighted by atomic mass is 9.44. The zero-order chi connectivity index (χ0) is 39.6. The average Bonchev–Trinajstić information content (AvgIpc) is 3.59. The van der Waals surface area contributed by atoms with Crippen molar-refractivity contribution < 1.29 is 64.2 Å². The first-order valence-electron chi connectivity index (χ1n) is 21.2. The van der Waals surface area contributed by atoms with Crippen LogP contribution in [0, 0.1) is 52.3 Å². The first kappa shape index (κ1) is 41.0. The van der Waals surface area contributed by atoms with Gasteiger partial charge in [0, 0.05) is 12.3 Å². The molecule has 3 saturated carbocycles. The van der Waals surface area contributed by atoms with Crippen molar-refractivity contribution in [2.75, 3.05) is 13.2 Å². The van der Waals surface area contributed by atoms with Gasteiger partial charge in [0.15, 0.2) is 18.4 Å². The van der Waals surface area contributed by atoms with Gasteiger partial charge in [-0.3, -0.25) is 0 Å². The normalized spacial score (nSPS) is 57.8. The van der Waals surface area contributed by atoms with Gasteiger partial charge in [-0.05, 0) is 105 Å². The maximum atomic E-state index is 11.2. The standard InChI is InChI=1S/C42H68O13/c1-19(2)24-15-22-14-23(52-38-35(48)33(46)36(28(17-43)53-38)54-37-34(47)32(45)31(44)21(4)51-37)8-10-40(22,6)25-9-11-41(7)26(29(24)25)16-27-30(41)20(3)42(55-27)13-12-39(5,49)18-50-42/h15,19-21,23-38,43-49H,8-14,16-18H2,1-7H3. The highest BCUT2D eigenvalue weighted by Crippen LogP contribution is 2.72. The molecule has 0 amide bonds. The number of hydrogen-bond acceptors (Lipinski definition) is 13. The van der Waals surface area contributed by atoms with Gasteiger partial charge in [0.05, 0.1) is 37.1 Å². The third kappa shape index (κ3) is 6.53. The zero-order valence-corrected chi connectivity index (χ0v) is 33.7. The topological polar surface area (TPSA) is 197 Å². The molecule has 13 heteroatoms. The highest BCUT2D eigenvalue weighted by atomic mass is 16.7. The van der Waals surface area contributed by atoms with E-state index in [2.05, 4.69) is 40.7 Å². The molecule has 7 N–H and O–H groups in total. The first-order chi connectivity index (χ1) is 25.8. The average molecular weight is 781 g/mol. The Balaban J connectivity index is 0.964. The van der Waals surface area contributed by atoms with Gasteiger partial charge in [-0.15, -0.1) is 0 Å². The third-order valence-corrected chi connectivity index (χ3v) is 16.5. The second-order valence-electron chi connectivity index (χ2n) is 20.1. The van der Waals surface area contributed by atoms with Gasteiger partial charge in [-0.25, -0.2) is 0 Å². The molecule has 0 aromatic carbocycles. The molecule has 22 atom stereocenters. The predicted octanol–water partition coefficient (Wildman–Crippen LogP) is 2.39. The summed E-state index contributed by atoms with van der Waals surface area (Å²) < 4.78 is 37.3. The van der Waals surface area contributed by atoms with E-state index >= 15 is 0 Å². The quantitative estimate of drug-likeness (QED) is 0.194. The van der Waals surface area contributed by atoms with Crippen molar-refractivity contribution in [3.8, 4) is 0 Å². The molecule has 8 aliphatic rings. The van der Waals surface area contributed by atoms with Crippen molar-refractivity contribution in [2.24, 2.45) is 52.3 Å². The Bertz CT molecular complexity index is 1430. The van der Waals surface area contributed by atoms with Crippen LogP contribution in [0.2, 0.25) is 0 Å². The van der Waals surface area contributed by atoms with Crippen LogP contribution in [0.5, 0.6) is 0 Å². The Morgan fingerprint density at radius 2 is 1.55 bits per heavy atom. The van der Waals surface area contributed by atoms with Gasteiger partial charge >= 0.3 is 0 Å². The summed E-state index contributed by atoms with van der Waals surface area (Å²) in [7, 11) is 0. The predicted molar refractivity (Wildman–Crippen MR) is 197 cm³/mol. The SMILES string of the molecule is CC(C)C1C=C2CC(OC3OC(CO)C(OC4OC(C)C(O)C(O)C4O)C(O)C3O)CCC2(C)C2CCC3(C)C(CC4OC5(CCC(C)(O)CO5)C(C)C43)C12. The minimum absolute atomic E-state index is 0.00887. The molecule has 4 aliphatic heterocycles. The fourth-order valence-electron chi connectivity index (χ4n) is 13.3. The molecule has 0 bridgehead atoms. The molecule has 22 unspecified atom stereocenters. The van der Waals surface area contributed by atoms with Crippen LogP contribution in [0.1, 0.15) is 99.8 Å². The summed E-state index contributed by atoms with van der Waals surface area (Å²) in [6.45, 7) is 15.1. The van der Waals surface area contributed by atoms with E-state index in [1.54, 1.807) is 0 Å². The smallest absolute Gasteiger partial charge is 0.187 e. The van der Waals surface area contributed by atoms with Crippen LogP contribution in [0.4, 0.5) is 0 Å². The summed E-state index contributed by atoms with van der Waals surface area (Å²) in [5.74, 6) is 2.53. The lowest BCUT2D eigenvalue weighted by Gasteiger charge is -2.61. The molecule has 8 rings (SSSR count). The summed E-state index contributed by atoms with van der Waals surface area (Å²) in [5, 5.41) is 74.2. The summed E-state index contributed by atoms with van der Waals surface area (Å²) >= 11 is 0. The molecule has 13 nitrogen and oxygen atoms in total. The Kier molecular flexibility index (Phi) is 10.8. The highest BCUT2D eigenvalue weighted by Gasteiger charge is 2.70. The molecule has 0 aromatic rings. The summed E-state index contributed by atoms with van der Waals surface area (Å²) in [4.78, 5) is 0. The number of fused-ring (bicyclic) bond motifs is 7. The fourth-order valence-corrected chi connectivity index (χ4v) is 13.3. The molecule has 4 heterocycles. The van der Waals surface area contributed by atoms with Gasteiger partial charge in [0.2, 0.25) is 0 Å². The third-order valence-electron chi connectivity index (χ3n) is 16.5. The number of rotatable bonds is 6. The molecular weight excluding hydrogens is 712 g/mol. The summed E-state index contributed by atoms with van der Waals surface area (Å²) in [5.41, 5.74) is 0.757. The largest absolute Gasteiger partial charge is 0.394 e. The number of ether oxygens (including phenoxy) is 6. The molecule has 0 radical (unpaired) electrons. The van der Waals surface area contributed by atoms with E-state index in [9.17, 15) is 35.7 Å². The van der Waals surface area contributed by atoms with Crippen LogP contribution in [0.25, 0.3) is 0 Å². The van der Waals surface area contributed by atoms with Crippen molar-refractivity contribution >= 4 is 0 Å². The lowest BCUT2D eigenvalue weighted by molar-refractivity contribution is -0.360. The van der Waals surface area contributed by atoms with Crippen LogP contribution in [-0.4, -0.2) is 134 Å². The van der Waals surface area contributed by atoms with Crippen LogP contribution in [0.3, 0.4) is 0 Å². The zero-order valence-electron chi connectivity index (χ0n) is 33.7. The van der Waals surface area contributed by atoms with E-state index in [0.717, 1.165) is 38.5 Å². The fraction of sp³-hybridized carbons (Fsp3) is 0.952. The van der Waals surface area contributed by atoms with Gasteiger partial charge in [0.25, 0.3) is 0 Å². The Labute approximate surface area is 325 Å². The molecule has 55 heavy (non-hydrogen) atoms. The van der Waals surface area contributed by atoms with Gasteiger partial charge in [-0.2, -0.15) is 0 Å². The molecule has 4 aliphatic carbocycles. The highest BCUT2D eigenvalue weighted by molar-refractivity contribution is 5.28. The molecule has 4 saturated heterocycles. The number of allylic oxidation sites excluding steroid dienone is 1. The summed E-state index contributed by atoms with van der Waals surface area (Å²) in [6, 6.07) is 0. The molecule has 314 valence electrons. The Morgan fingerprint density at radius 1 is 0.836 bits per heavy atom. The van der Waals surface area contributed by atoms with E-state index < -0.39 is 79.4 Å². The van der Waals surface area contributed by atoms with Gasteiger partial charge < -0.3 is 64.2 Å². The number of hydrogen-bond donors (Lipinski definition) is 7. The summed E-state index contributed by atoms with van der Waals surface area (Å²) in [6.07, 6.45) is -3.89. The first-order valence-corrected chi connectivity index (χ1v) is 21.2.